The van der Waals surface area contributed by atoms with E-state index in [1.807, 2.05) is 19.9 Å². The van der Waals surface area contributed by atoms with E-state index in [4.69, 9.17) is 18.9 Å². The minimum absolute atomic E-state index is 0.204. The number of aryl methyl sites for hydroxylation is 1. The lowest BCUT2D eigenvalue weighted by molar-refractivity contribution is 0.0600. The van der Waals surface area contributed by atoms with Crippen molar-refractivity contribution in [2.24, 2.45) is 4.99 Å². The van der Waals surface area contributed by atoms with Crippen molar-refractivity contribution in [2.45, 2.75) is 13.8 Å². The molecule has 0 N–H and O–H groups in total. The number of esters is 1. The molecule has 6 nitrogen and oxygen atoms in total. The van der Waals surface area contributed by atoms with Gasteiger partial charge < -0.3 is 18.9 Å². The lowest BCUT2D eigenvalue weighted by Crippen LogP contribution is -2.01. The van der Waals surface area contributed by atoms with Crippen LogP contribution in [0, 0.1) is 6.92 Å². The topological polar surface area (TPSA) is 66.4 Å². The fraction of sp³-hybridized carbons (Fsp3) is 0.263. The Hall–Kier alpha value is -3.02. The van der Waals surface area contributed by atoms with Crippen LogP contribution in [0.1, 0.15) is 28.4 Å². The number of aliphatic imine (C=N–C) groups is 1. The lowest BCUT2D eigenvalue weighted by atomic mass is 10.1. The van der Waals surface area contributed by atoms with E-state index < -0.39 is 0 Å². The van der Waals surface area contributed by atoms with Gasteiger partial charge in [0.05, 0.1) is 25.0 Å². The van der Waals surface area contributed by atoms with Gasteiger partial charge in [0.15, 0.2) is 11.5 Å². The van der Waals surface area contributed by atoms with E-state index in [1.165, 1.54) is 7.11 Å². The van der Waals surface area contributed by atoms with Gasteiger partial charge in [-0.15, -0.1) is 0 Å². The first kappa shape index (κ1) is 16.8. The average molecular weight is 341 g/mol. The van der Waals surface area contributed by atoms with Crippen LogP contribution >= 0.6 is 0 Å². The van der Waals surface area contributed by atoms with Crippen LogP contribution in [-0.4, -0.2) is 32.7 Å². The maximum absolute atomic E-state index is 11.6. The molecule has 1 aliphatic rings. The first-order valence-corrected chi connectivity index (χ1v) is 7.92. The van der Waals surface area contributed by atoms with Crippen LogP contribution in [0.25, 0.3) is 0 Å². The number of carbonyl (C=O) groups excluding carboxylic acids is 1. The van der Waals surface area contributed by atoms with Gasteiger partial charge in [-0.1, -0.05) is 0 Å². The van der Waals surface area contributed by atoms with Gasteiger partial charge in [0.1, 0.15) is 5.75 Å². The Kier molecular flexibility index (Phi) is 4.88. The Bertz CT molecular complexity index is 829. The summed E-state index contributed by atoms with van der Waals surface area (Å²) in [5, 5.41) is 0. The average Bonchev–Trinajstić information content (AvgIpc) is 3.07. The normalized spacial score (nSPS) is 12.4. The predicted molar refractivity (Wildman–Crippen MR) is 93.5 cm³/mol. The lowest BCUT2D eigenvalue weighted by Gasteiger charge is -2.08. The molecule has 0 saturated heterocycles. The molecule has 0 bridgehead atoms. The zero-order valence-electron chi connectivity index (χ0n) is 14.4. The fourth-order valence-corrected chi connectivity index (χ4v) is 2.50. The highest BCUT2D eigenvalue weighted by atomic mass is 16.7. The molecule has 1 heterocycles. The van der Waals surface area contributed by atoms with Crippen LogP contribution < -0.4 is 14.2 Å². The minimum Gasteiger partial charge on any atom is -0.493 e. The Morgan fingerprint density at radius 3 is 2.68 bits per heavy atom. The molecule has 0 spiro atoms. The van der Waals surface area contributed by atoms with Gasteiger partial charge >= 0.3 is 5.97 Å². The molecule has 6 heteroatoms. The van der Waals surface area contributed by atoms with Crippen LogP contribution in [0.2, 0.25) is 0 Å². The van der Waals surface area contributed by atoms with Crippen molar-refractivity contribution in [1.29, 1.82) is 0 Å². The van der Waals surface area contributed by atoms with E-state index in [9.17, 15) is 4.79 Å². The monoisotopic (exact) mass is 341 g/mol. The molecule has 0 unspecified atom stereocenters. The molecular weight excluding hydrogens is 322 g/mol. The van der Waals surface area contributed by atoms with Crippen molar-refractivity contribution < 1.29 is 23.7 Å². The summed E-state index contributed by atoms with van der Waals surface area (Å²) in [7, 11) is 1.36. The fourth-order valence-electron chi connectivity index (χ4n) is 2.50. The molecule has 0 atom stereocenters. The SMILES string of the molecule is CCOc1cc2c(cc1C=Nc1ccc(C(=O)OC)cc1C)OCO2. The molecule has 2 aromatic rings. The van der Waals surface area contributed by atoms with Crippen LogP contribution in [-0.2, 0) is 4.74 Å². The zero-order valence-corrected chi connectivity index (χ0v) is 14.4. The second kappa shape index (κ2) is 7.25. The van der Waals surface area contributed by atoms with Crippen molar-refractivity contribution in [1.82, 2.24) is 0 Å². The van der Waals surface area contributed by atoms with Gasteiger partial charge in [-0.3, -0.25) is 4.99 Å². The maximum Gasteiger partial charge on any atom is 0.337 e. The predicted octanol–water partition coefficient (Wildman–Crippen LogP) is 3.66. The number of ether oxygens (including phenoxy) is 4. The first-order valence-electron chi connectivity index (χ1n) is 7.92. The maximum atomic E-state index is 11.6. The Labute approximate surface area is 146 Å². The summed E-state index contributed by atoms with van der Waals surface area (Å²) in [6.45, 7) is 4.55. The molecule has 1 aliphatic heterocycles. The van der Waals surface area contributed by atoms with Crippen LogP contribution in [0.5, 0.6) is 17.2 Å². The van der Waals surface area contributed by atoms with Crippen molar-refractivity contribution in [3.63, 3.8) is 0 Å². The number of carbonyl (C=O) groups is 1. The Balaban J connectivity index is 1.90. The molecule has 0 aromatic heterocycles. The van der Waals surface area contributed by atoms with E-state index >= 15 is 0 Å². The molecule has 25 heavy (non-hydrogen) atoms. The van der Waals surface area contributed by atoms with Crippen molar-refractivity contribution in [2.75, 3.05) is 20.5 Å². The van der Waals surface area contributed by atoms with Crippen LogP contribution in [0.4, 0.5) is 5.69 Å². The third-order valence-corrected chi connectivity index (χ3v) is 3.77. The van der Waals surface area contributed by atoms with Crippen LogP contribution in [0.3, 0.4) is 0 Å². The molecule has 0 aliphatic carbocycles. The molecule has 0 saturated carbocycles. The number of rotatable bonds is 5. The molecule has 3 rings (SSSR count). The summed E-state index contributed by atoms with van der Waals surface area (Å²) in [6.07, 6.45) is 1.72. The van der Waals surface area contributed by atoms with E-state index in [1.54, 1.807) is 30.5 Å². The van der Waals surface area contributed by atoms with E-state index in [0.717, 1.165) is 16.8 Å². The van der Waals surface area contributed by atoms with Crippen molar-refractivity contribution in [3.05, 3.63) is 47.0 Å². The number of hydrogen-bond acceptors (Lipinski definition) is 6. The second-order valence-corrected chi connectivity index (χ2v) is 5.43. The largest absolute Gasteiger partial charge is 0.493 e. The van der Waals surface area contributed by atoms with Gasteiger partial charge in [-0.05, 0) is 43.7 Å². The van der Waals surface area contributed by atoms with Gasteiger partial charge in [0.2, 0.25) is 6.79 Å². The molecule has 130 valence electrons. The molecule has 0 amide bonds. The highest BCUT2D eigenvalue weighted by Crippen LogP contribution is 2.37. The highest BCUT2D eigenvalue weighted by molar-refractivity contribution is 5.91. The second-order valence-electron chi connectivity index (χ2n) is 5.43. The number of benzene rings is 2. The van der Waals surface area contributed by atoms with E-state index in [-0.39, 0.29) is 12.8 Å². The van der Waals surface area contributed by atoms with E-state index in [0.29, 0.717) is 29.4 Å². The van der Waals surface area contributed by atoms with Gasteiger partial charge in [-0.25, -0.2) is 4.79 Å². The summed E-state index contributed by atoms with van der Waals surface area (Å²) in [5.41, 5.74) is 2.92. The first-order chi connectivity index (χ1) is 12.1. The summed E-state index contributed by atoms with van der Waals surface area (Å²) in [6, 6.07) is 8.87. The summed E-state index contributed by atoms with van der Waals surface area (Å²) >= 11 is 0. The zero-order chi connectivity index (χ0) is 17.8. The molecule has 0 fully saturated rings. The summed E-state index contributed by atoms with van der Waals surface area (Å²) in [5.74, 6) is 1.65. The van der Waals surface area contributed by atoms with Crippen LogP contribution in [0.15, 0.2) is 35.3 Å². The number of fused-ring (bicyclic) bond motifs is 1. The number of nitrogens with zero attached hydrogens (tertiary/aromatic N) is 1. The smallest absolute Gasteiger partial charge is 0.337 e. The molecule has 0 radical (unpaired) electrons. The summed E-state index contributed by atoms with van der Waals surface area (Å²) < 4.78 is 21.2. The number of hydrogen-bond donors (Lipinski definition) is 0. The summed E-state index contributed by atoms with van der Waals surface area (Å²) in [4.78, 5) is 16.1. The molecule has 2 aromatic carbocycles. The van der Waals surface area contributed by atoms with Gasteiger partial charge in [0, 0.05) is 17.8 Å². The van der Waals surface area contributed by atoms with Crippen molar-refractivity contribution in [3.8, 4) is 17.2 Å². The third-order valence-electron chi connectivity index (χ3n) is 3.77. The minimum atomic E-state index is -0.368. The standard InChI is InChI=1S/C19H19NO5/c1-4-23-16-9-18-17(24-11-25-18)8-14(16)10-20-15-6-5-13(7-12(15)2)19(21)22-3/h5-10H,4,11H2,1-3H3. The van der Waals surface area contributed by atoms with Gasteiger partial charge in [0.25, 0.3) is 0 Å². The quantitative estimate of drug-likeness (QED) is 0.613. The van der Waals surface area contributed by atoms with Crippen molar-refractivity contribution >= 4 is 17.9 Å². The third kappa shape index (κ3) is 3.57. The highest BCUT2D eigenvalue weighted by Gasteiger charge is 2.17. The van der Waals surface area contributed by atoms with Gasteiger partial charge in [-0.2, -0.15) is 0 Å². The molecular formula is C19H19NO5. The Morgan fingerprint density at radius 1 is 1.24 bits per heavy atom. The number of methoxy groups -OCH3 is 1. The Morgan fingerprint density at radius 2 is 2.00 bits per heavy atom. The van der Waals surface area contributed by atoms with E-state index in [2.05, 4.69) is 4.99 Å².